The molecule has 1 aromatic rings. The summed E-state index contributed by atoms with van der Waals surface area (Å²) in [5, 5.41) is 12.4. The molecule has 0 saturated heterocycles. The van der Waals surface area contributed by atoms with Crippen LogP contribution in [0.15, 0.2) is 24.3 Å². The molecule has 0 atom stereocenters. The molecule has 1 saturated carbocycles. The highest BCUT2D eigenvalue weighted by molar-refractivity contribution is 5.78. The Bertz CT molecular complexity index is 385. The van der Waals surface area contributed by atoms with Crippen molar-refractivity contribution in [1.82, 2.24) is 10.2 Å². The summed E-state index contributed by atoms with van der Waals surface area (Å²) in [6.07, 6.45) is 2.38. The Labute approximate surface area is 101 Å². The Hall–Kier alpha value is -1.55. The van der Waals surface area contributed by atoms with Crippen LogP contribution in [0.1, 0.15) is 18.4 Å². The van der Waals surface area contributed by atoms with Crippen molar-refractivity contribution >= 4 is 5.91 Å². The van der Waals surface area contributed by atoms with Crippen LogP contribution in [0, 0.1) is 0 Å². The van der Waals surface area contributed by atoms with Gasteiger partial charge in [-0.1, -0.05) is 12.1 Å². The fraction of sp³-hybridized carbons (Fsp3) is 0.462. The molecule has 4 heteroatoms. The minimum absolute atomic E-state index is 0.102. The second kappa shape index (κ2) is 5.19. The normalized spacial score (nSPS) is 14.6. The Morgan fingerprint density at radius 3 is 2.65 bits per heavy atom. The Kier molecular flexibility index (Phi) is 3.64. The maximum atomic E-state index is 11.8. The van der Waals surface area contributed by atoms with E-state index in [4.69, 9.17) is 5.11 Å². The zero-order valence-corrected chi connectivity index (χ0v) is 10.0. The molecule has 0 spiro atoms. The van der Waals surface area contributed by atoms with Gasteiger partial charge >= 0.3 is 0 Å². The lowest BCUT2D eigenvalue weighted by atomic mass is 10.2. The number of likely N-dealkylation sites (N-methyl/N-ethyl adjacent to an activating group) is 1. The van der Waals surface area contributed by atoms with Gasteiger partial charge in [0.1, 0.15) is 5.75 Å². The molecule has 0 unspecified atom stereocenters. The van der Waals surface area contributed by atoms with Gasteiger partial charge in [-0.05, 0) is 30.5 Å². The number of rotatable bonds is 5. The zero-order chi connectivity index (χ0) is 12.3. The summed E-state index contributed by atoms with van der Waals surface area (Å²) in [4.78, 5) is 13.5. The fourth-order valence-electron chi connectivity index (χ4n) is 1.62. The number of carbonyl (C=O) groups is 1. The lowest BCUT2D eigenvalue weighted by molar-refractivity contribution is -0.129. The summed E-state index contributed by atoms with van der Waals surface area (Å²) in [7, 11) is 1.80. The number of hydrogen-bond acceptors (Lipinski definition) is 3. The van der Waals surface area contributed by atoms with Gasteiger partial charge in [0, 0.05) is 19.6 Å². The molecule has 2 N–H and O–H groups in total. The Morgan fingerprint density at radius 2 is 2.06 bits per heavy atom. The molecule has 2 rings (SSSR count). The molecule has 17 heavy (non-hydrogen) atoms. The summed E-state index contributed by atoms with van der Waals surface area (Å²) >= 11 is 0. The minimum Gasteiger partial charge on any atom is -0.508 e. The van der Waals surface area contributed by atoms with Crippen LogP contribution < -0.4 is 5.32 Å². The first-order valence-electron chi connectivity index (χ1n) is 5.90. The number of carbonyl (C=O) groups excluding carboxylic acids is 1. The molecule has 1 aliphatic rings. The number of hydrogen-bond donors (Lipinski definition) is 2. The van der Waals surface area contributed by atoms with E-state index in [-0.39, 0.29) is 11.7 Å². The molecule has 1 aliphatic carbocycles. The monoisotopic (exact) mass is 234 g/mol. The van der Waals surface area contributed by atoms with Crippen molar-refractivity contribution in [3.63, 3.8) is 0 Å². The van der Waals surface area contributed by atoms with E-state index >= 15 is 0 Å². The molecular formula is C13H18N2O2. The second-order valence-electron chi connectivity index (χ2n) is 4.57. The second-order valence-corrected chi connectivity index (χ2v) is 4.57. The third-order valence-electron chi connectivity index (χ3n) is 2.90. The van der Waals surface area contributed by atoms with Gasteiger partial charge in [0.25, 0.3) is 0 Å². The predicted molar refractivity (Wildman–Crippen MR) is 65.6 cm³/mol. The lowest BCUT2D eigenvalue weighted by Crippen LogP contribution is -2.35. The maximum absolute atomic E-state index is 11.8. The first-order chi connectivity index (χ1) is 8.15. The number of nitrogens with one attached hydrogen (secondary N) is 1. The van der Waals surface area contributed by atoms with Gasteiger partial charge < -0.3 is 15.3 Å². The maximum Gasteiger partial charge on any atom is 0.236 e. The summed E-state index contributed by atoms with van der Waals surface area (Å²) in [5.41, 5.74) is 1.02. The van der Waals surface area contributed by atoms with Crippen LogP contribution in [0.2, 0.25) is 0 Å². The smallest absolute Gasteiger partial charge is 0.236 e. The quantitative estimate of drug-likeness (QED) is 0.802. The van der Waals surface area contributed by atoms with Gasteiger partial charge in [-0.25, -0.2) is 0 Å². The fourth-order valence-corrected chi connectivity index (χ4v) is 1.62. The van der Waals surface area contributed by atoms with Crippen LogP contribution in [-0.2, 0) is 11.3 Å². The average molecular weight is 234 g/mol. The summed E-state index contributed by atoms with van der Waals surface area (Å²) in [6.45, 7) is 0.991. The molecule has 0 bridgehead atoms. The number of benzene rings is 1. The van der Waals surface area contributed by atoms with Crippen LogP contribution in [0.5, 0.6) is 5.75 Å². The summed E-state index contributed by atoms with van der Waals surface area (Å²) < 4.78 is 0. The van der Waals surface area contributed by atoms with Crippen LogP contribution >= 0.6 is 0 Å². The Balaban J connectivity index is 1.80. The lowest BCUT2D eigenvalue weighted by Gasteiger charge is -2.17. The van der Waals surface area contributed by atoms with E-state index in [1.165, 1.54) is 12.8 Å². The largest absolute Gasteiger partial charge is 0.508 e. The molecule has 1 fully saturated rings. The molecule has 1 aromatic carbocycles. The highest BCUT2D eigenvalue weighted by atomic mass is 16.3. The van der Waals surface area contributed by atoms with Gasteiger partial charge in [-0.15, -0.1) is 0 Å². The van der Waals surface area contributed by atoms with Crippen molar-refractivity contribution in [3.05, 3.63) is 29.8 Å². The highest BCUT2D eigenvalue weighted by Crippen LogP contribution is 2.18. The third-order valence-corrected chi connectivity index (χ3v) is 2.90. The van der Waals surface area contributed by atoms with E-state index in [0.717, 1.165) is 5.56 Å². The molecule has 4 nitrogen and oxygen atoms in total. The number of aromatic hydroxyl groups is 1. The van der Waals surface area contributed by atoms with Crippen LogP contribution in [0.25, 0.3) is 0 Å². The van der Waals surface area contributed by atoms with Crippen molar-refractivity contribution < 1.29 is 9.90 Å². The first-order valence-corrected chi connectivity index (χ1v) is 5.90. The van der Waals surface area contributed by atoms with Gasteiger partial charge in [-0.2, -0.15) is 0 Å². The third kappa shape index (κ3) is 3.75. The molecule has 0 aromatic heterocycles. The summed E-state index contributed by atoms with van der Waals surface area (Å²) in [6, 6.07) is 7.48. The molecule has 0 aliphatic heterocycles. The topological polar surface area (TPSA) is 52.6 Å². The van der Waals surface area contributed by atoms with E-state index < -0.39 is 0 Å². The predicted octanol–water partition coefficient (Wildman–Crippen LogP) is 1.10. The molecule has 0 heterocycles. The van der Waals surface area contributed by atoms with Crippen molar-refractivity contribution in [1.29, 1.82) is 0 Å². The molecular weight excluding hydrogens is 216 g/mol. The van der Waals surface area contributed by atoms with Gasteiger partial charge in [0.05, 0.1) is 6.54 Å². The van der Waals surface area contributed by atoms with Crippen molar-refractivity contribution in [2.75, 3.05) is 13.6 Å². The zero-order valence-electron chi connectivity index (χ0n) is 10.0. The number of amides is 1. The number of phenols is 1. The number of nitrogens with zero attached hydrogens (tertiary/aromatic N) is 1. The highest BCUT2D eigenvalue weighted by Gasteiger charge is 2.21. The number of phenolic OH excluding ortho intramolecular Hbond substituents is 1. The van der Waals surface area contributed by atoms with Gasteiger partial charge in [-0.3, -0.25) is 4.79 Å². The molecule has 1 amide bonds. The first kappa shape index (κ1) is 11.9. The van der Waals surface area contributed by atoms with Crippen molar-refractivity contribution in [3.8, 4) is 5.75 Å². The van der Waals surface area contributed by atoms with Crippen LogP contribution in [-0.4, -0.2) is 35.5 Å². The molecule has 0 radical (unpaired) electrons. The minimum atomic E-state index is 0.102. The SMILES string of the molecule is CN(Cc1ccc(O)cc1)C(=O)CNC1CC1. The average Bonchev–Trinajstić information content (AvgIpc) is 3.13. The van der Waals surface area contributed by atoms with Crippen molar-refractivity contribution in [2.45, 2.75) is 25.4 Å². The van der Waals surface area contributed by atoms with E-state index in [0.29, 0.717) is 19.1 Å². The molecule has 92 valence electrons. The van der Waals surface area contributed by atoms with Crippen molar-refractivity contribution in [2.24, 2.45) is 0 Å². The van der Waals surface area contributed by atoms with Gasteiger partial charge in [0.15, 0.2) is 0 Å². The van der Waals surface area contributed by atoms with Crippen LogP contribution in [0.4, 0.5) is 0 Å². The van der Waals surface area contributed by atoms with E-state index in [2.05, 4.69) is 5.32 Å². The standard InChI is InChI=1S/C13H18N2O2/c1-15(13(17)8-14-11-4-5-11)9-10-2-6-12(16)7-3-10/h2-3,6-7,11,14,16H,4-5,8-9H2,1H3. The summed E-state index contributed by atoms with van der Waals surface area (Å²) in [5.74, 6) is 0.350. The van der Waals surface area contributed by atoms with E-state index in [1.807, 2.05) is 12.1 Å². The van der Waals surface area contributed by atoms with Gasteiger partial charge in [0.2, 0.25) is 5.91 Å². The van der Waals surface area contributed by atoms with E-state index in [1.54, 1.807) is 24.1 Å². The Morgan fingerprint density at radius 1 is 1.41 bits per heavy atom. The van der Waals surface area contributed by atoms with Crippen LogP contribution in [0.3, 0.4) is 0 Å². The van der Waals surface area contributed by atoms with E-state index in [9.17, 15) is 4.79 Å².